The van der Waals surface area contributed by atoms with Crippen LogP contribution in [0.3, 0.4) is 0 Å². The van der Waals surface area contributed by atoms with E-state index in [0.29, 0.717) is 6.61 Å². The van der Waals surface area contributed by atoms with E-state index in [4.69, 9.17) is 4.74 Å². The fourth-order valence-electron chi connectivity index (χ4n) is 0.460. The molecular formula is C8H14O3. The molecule has 0 N–H and O–H groups in total. The van der Waals surface area contributed by atoms with Crippen LogP contribution >= 0.6 is 0 Å². The summed E-state index contributed by atoms with van der Waals surface area (Å²) in [6.45, 7) is 4.32. The van der Waals surface area contributed by atoms with Gasteiger partial charge in [-0.3, -0.25) is 0 Å². The van der Waals surface area contributed by atoms with Gasteiger partial charge >= 0.3 is 5.97 Å². The minimum atomic E-state index is -0.350. The van der Waals surface area contributed by atoms with Crippen molar-refractivity contribution in [2.45, 2.75) is 20.0 Å². The first-order chi connectivity index (χ1) is 5.16. The van der Waals surface area contributed by atoms with Crippen LogP contribution in [0, 0.1) is 0 Å². The number of esters is 1. The molecular weight excluding hydrogens is 144 g/mol. The topological polar surface area (TPSA) is 35.5 Å². The molecule has 3 heteroatoms. The van der Waals surface area contributed by atoms with Gasteiger partial charge in [0.2, 0.25) is 0 Å². The van der Waals surface area contributed by atoms with Gasteiger partial charge in [-0.1, -0.05) is 6.08 Å². The summed E-state index contributed by atoms with van der Waals surface area (Å²) in [7, 11) is 1.34. The van der Waals surface area contributed by atoms with Crippen LogP contribution in [0.5, 0.6) is 0 Å². The second-order valence-electron chi connectivity index (χ2n) is 2.31. The lowest BCUT2D eigenvalue weighted by molar-refractivity contribution is -0.134. The largest absolute Gasteiger partial charge is 0.466 e. The van der Waals surface area contributed by atoms with Gasteiger partial charge in [0.15, 0.2) is 0 Å². The molecule has 0 aliphatic carbocycles. The molecule has 0 radical (unpaired) electrons. The van der Waals surface area contributed by atoms with E-state index in [1.165, 1.54) is 13.2 Å². The van der Waals surface area contributed by atoms with Crippen molar-refractivity contribution in [3.63, 3.8) is 0 Å². The van der Waals surface area contributed by atoms with Crippen molar-refractivity contribution in [3.8, 4) is 0 Å². The van der Waals surface area contributed by atoms with E-state index in [0.717, 1.165) is 0 Å². The Morgan fingerprint density at radius 2 is 2.18 bits per heavy atom. The monoisotopic (exact) mass is 158 g/mol. The molecule has 0 atom stereocenters. The van der Waals surface area contributed by atoms with Gasteiger partial charge in [-0.2, -0.15) is 0 Å². The molecule has 0 amide bonds. The molecule has 0 fully saturated rings. The highest BCUT2D eigenvalue weighted by molar-refractivity contribution is 5.81. The zero-order chi connectivity index (χ0) is 8.69. The lowest BCUT2D eigenvalue weighted by atomic mass is 10.4. The van der Waals surface area contributed by atoms with Crippen LogP contribution in [0.4, 0.5) is 0 Å². The third kappa shape index (κ3) is 7.06. The number of methoxy groups -OCH3 is 1. The van der Waals surface area contributed by atoms with Crippen molar-refractivity contribution >= 4 is 5.97 Å². The first-order valence-corrected chi connectivity index (χ1v) is 3.53. The minimum absolute atomic E-state index is 0.192. The first kappa shape index (κ1) is 10.2. The molecule has 0 rings (SSSR count). The minimum Gasteiger partial charge on any atom is -0.466 e. The van der Waals surface area contributed by atoms with Gasteiger partial charge in [0.1, 0.15) is 0 Å². The van der Waals surface area contributed by atoms with Crippen LogP contribution in [0.2, 0.25) is 0 Å². The molecule has 0 aromatic carbocycles. The number of ether oxygens (including phenoxy) is 2. The highest BCUT2D eigenvalue weighted by atomic mass is 16.5. The summed E-state index contributed by atoms with van der Waals surface area (Å²) in [6, 6.07) is 0. The fraction of sp³-hybridized carbons (Fsp3) is 0.625. The summed E-state index contributed by atoms with van der Waals surface area (Å²) in [4.78, 5) is 10.5. The summed E-state index contributed by atoms with van der Waals surface area (Å²) in [5.41, 5.74) is 0. The van der Waals surface area contributed by atoms with Gasteiger partial charge in [0.25, 0.3) is 0 Å². The predicted molar refractivity (Wildman–Crippen MR) is 42.2 cm³/mol. The van der Waals surface area contributed by atoms with Crippen LogP contribution in [-0.4, -0.2) is 25.8 Å². The molecule has 11 heavy (non-hydrogen) atoms. The van der Waals surface area contributed by atoms with Gasteiger partial charge in [0, 0.05) is 6.08 Å². The standard InChI is InChI=1S/C8H14O3/c1-7(2)11-6-4-5-8(9)10-3/h4-5,7H,6H2,1-3H3. The van der Waals surface area contributed by atoms with Gasteiger partial charge in [-0.05, 0) is 13.8 Å². The Hall–Kier alpha value is -0.830. The summed E-state index contributed by atoms with van der Waals surface area (Å²) < 4.78 is 9.52. The van der Waals surface area contributed by atoms with Crippen LogP contribution in [0.1, 0.15) is 13.8 Å². The third-order valence-corrected chi connectivity index (χ3v) is 0.981. The maximum atomic E-state index is 10.5. The number of carbonyl (C=O) groups is 1. The van der Waals surface area contributed by atoms with Gasteiger partial charge in [-0.15, -0.1) is 0 Å². The number of hydrogen-bond acceptors (Lipinski definition) is 3. The second kappa shape index (κ2) is 5.92. The summed E-state index contributed by atoms with van der Waals surface area (Å²) >= 11 is 0. The highest BCUT2D eigenvalue weighted by Gasteiger charge is 1.91. The Morgan fingerprint density at radius 1 is 1.55 bits per heavy atom. The van der Waals surface area contributed by atoms with E-state index < -0.39 is 0 Å². The van der Waals surface area contributed by atoms with Crippen LogP contribution in [0.25, 0.3) is 0 Å². The highest BCUT2D eigenvalue weighted by Crippen LogP contribution is 1.87. The number of rotatable bonds is 4. The van der Waals surface area contributed by atoms with E-state index >= 15 is 0 Å². The molecule has 0 unspecified atom stereocenters. The molecule has 0 aromatic rings. The maximum absolute atomic E-state index is 10.5. The molecule has 0 heterocycles. The fourth-order valence-corrected chi connectivity index (χ4v) is 0.460. The smallest absolute Gasteiger partial charge is 0.330 e. The van der Waals surface area contributed by atoms with E-state index in [2.05, 4.69) is 4.74 Å². The quantitative estimate of drug-likeness (QED) is 0.454. The molecule has 0 aliphatic heterocycles. The summed E-state index contributed by atoms with van der Waals surface area (Å²) in [5, 5.41) is 0. The Balaban J connectivity index is 3.37. The molecule has 0 spiro atoms. The van der Waals surface area contributed by atoms with Crippen molar-refractivity contribution in [1.29, 1.82) is 0 Å². The molecule has 0 aliphatic rings. The van der Waals surface area contributed by atoms with E-state index in [9.17, 15) is 4.79 Å². The zero-order valence-corrected chi connectivity index (χ0v) is 7.16. The number of hydrogen-bond donors (Lipinski definition) is 0. The molecule has 0 bridgehead atoms. The number of carbonyl (C=O) groups excluding carboxylic acids is 1. The second-order valence-corrected chi connectivity index (χ2v) is 2.31. The molecule has 0 saturated carbocycles. The van der Waals surface area contributed by atoms with Crippen molar-refractivity contribution in [1.82, 2.24) is 0 Å². The zero-order valence-electron chi connectivity index (χ0n) is 7.16. The molecule has 0 saturated heterocycles. The van der Waals surface area contributed by atoms with Crippen LogP contribution < -0.4 is 0 Å². The summed E-state index contributed by atoms with van der Waals surface area (Å²) in [6.07, 6.45) is 3.17. The van der Waals surface area contributed by atoms with Crippen LogP contribution in [-0.2, 0) is 14.3 Å². The first-order valence-electron chi connectivity index (χ1n) is 3.53. The molecule has 3 nitrogen and oxygen atoms in total. The predicted octanol–water partition coefficient (Wildman–Crippen LogP) is 1.14. The maximum Gasteiger partial charge on any atom is 0.330 e. The normalized spacial score (nSPS) is 10.9. The molecule has 64 valence electrons. The Kier molecular flexibility index (Phi) is 5.47. The third-order valence-electron chi connectivity index (χ3n) is 0.981. The van der Waals surface area contributed by atoms with Crippen molar-refractivity contribution < 1.29 is 14.3 Å². The lowest BCUT2D eigenvalue weighted by Gasteiger charge is -2.02. The van der Waals surface area contributed by atoms with Crippen molar-refractivity contribution in [2.75, 3.05) is 13.7 Å². The Bertz CT molecular complexity index is 138. The Morgan fingerprint density at radius 3 is 2.64 bits per heavy atom. The van der Waals surface area contributed by atoms with Crippen molar-refractivity contribution in [2.24, 2.45) is 0 Å². The van der Waals surface area contributed by atoms with Crippen LogP contribution in [0.15, 0.2) is 12.2 Å². The average Bonchev–Trinajstić information content (AvgIpc) is 1.97. The van der Waals surface area contributed by atoms with Gasteiger partial charge in [-0.25, -0.2) is 4.79 Å². The van der Waals surface area contributed by atoms with Gasteiger partial charge < -0.3 is 9.47 Å². The molecule has 0 aromatic heterocycles. The average molecular weight is 158 g/mol. The van der Waals surface area contributed by atoms with E-state index in [-0.39, 0.29) is 12.1 Å². The van der Waals surface area contributed by atoms with E-state index in [1.807, 2.05) is 13.8 Å². The lowest BCUT2D eigenvalue weighted by Crippen LogP contribution is -2.02. The van der Waals surface area contributed by atoms with E-state index in [1.54, 1.807) is 6.08 Å². The summed E-state index contributed by atoms with van der Waals surface area (Å²) in [5.74, 6) is -0.350. The Labute approximate surface area is 67.0 Å². The van der Waals surface area contributed by atoms with Crippen molar-refractivity contribution in [3.05, 3.63) is 12.2 Å². The SMILES string of the molecule is COC(=O)C=CCOC(C)C. The van der Waals surface area contributed by atoms with Gasteiger partial charge in [0.05, 0.1) is 19.8 Å².